The van der Waals surface area contributed by atoms with E-state index in [9.17, 15) is 4.79 Å². The Morgan fingerprint density at radius 3 is 2.67 bits per heavy atom. The third-order valence-corrected chi connectivity index (χ3v) is 8.13. The number of aromatic nitrogens is 2. The summed E-state index contributed by atoms with van der Waals surface area (Å²) in [5.74, 6) is -0.0940. The fourth-order valence-corrected chi connectivity index (χ4v) is 5.42. The second-order valence-corrected chi connectivity index (χ2v) is 10.9. The summed E-state index contributed by atoms with van der Waals surface area (Å²) in [5, 5.41) is 17.2. The quantitative estimate of drug-likeness (QED) is 0.308. The molecule has 1 amide bonds. The summed E-state index contributed by atoms with van der Waals surface area (Å²) in [6, 6.07) is 15.5. The smallest absolute Gasteiger partial charge is 0.226 e. The largest absolute Gasteiger partial charge is 0.360 e. The first-order valence-electron chi connectivity index (χ1n) is 13.2. The number of hydrogen-bond acceptors (Lipinski definition) is 4. The molecule has 1 aliphatic carbocycles. The summed E-state index contributed by atoms with van der Waals surface area (Å²) >= 11 is 18.5. The second-order valence-electron chi connectivity index (χ2n) is 9.77. The summed E-state index contributed by atoms with van der Waals surface area (Å²) in [7, 11) is 0. The number of nitrogens with zero attached hydrogens (tertiary/aromatic N) is 4. The molecule has 39 heavy (non-hydrogen) atoms. The van der Waals surface area contributed by atoms with Crippen molar-refractivity contribution in [1.29, 1.82) is 5.26 Å². The lowest BCUT2D eigenvalue weighted by molar-refractivity contribution is -0.120. The maximum absolute atomic E-state index is 12.8. The number of nitriles is 1. The molecule has 1 aliphatic rings. The third kappa shape index (κ3) is 8.43. The molecular weight excluding hydrogens is 551 g/mol. The Balaban J connectivity index is 1.34. The van der Waals surface area contributed by atoms with Gasteiger partial charge in [-0.3, -0.25) is 4.79 Å². The molecule has 0 atom stereocenters. The first-order chi connectivity index (χ1) is 18.9. The lowest BCUT2D eigenvalue weighted by atomic mass is 9.96. The van der Waals surface area contributed by atoms with Gasteiger partial charge in [-0.15, -0.1) is 0 Å². The SMILES string of the molecule is N#Cc1ccc(Cn2cncc2CC(=O)NCCN(Cc2cccc(Cl)c2Cl)C(=S)NC2CCCCC2)cc1. The second kappa shape index (κ2) is 14.3. The van der Waals surface area contributed by atoms with Crippen LogP contribution in [0.25, 0.3) is 0 Å². The van der Waals surface area contributed by atoms with Gasteiger partial charge in [-0.25, -0.2) is 4.98 Å². The molecule has 7 nitrogen and oxygen atoms in total. The van der Waals surface area contributed by atoms with Gasteiger partial charge in [0.1, 0.15) is 0 Å². The van der Waals surface area contributed by atoms with Crippen LogP contribution in [0.2, 0.25) is 10.0 Å². The fourth-order valence-electron chi connectivity index (χ4n) is 4.72. The van der Waals surface area contributed by atoms with Crippen molar-refractivity contribution in [2.45, 2.75) is 57.7 Å². The Bertz CT molecular complexity index is 1310. The van der Waals surface area contributed by atoms with Gasteiger partial charge in [0.05, 0.1) is 34.4 Å². The predicted octanol–water partition coefficient (Wildman–Crippen LogP) is 5.48. The summed E-state index contributed by atoms with van der Waals surface area (Å²) in [6.45, 7) is 2.01. The van der Waals surface area contributed by atoms with E-state index in [0.717, 1.165) is 29.7 Å². The Labute approximate surface area is 245 Å². The first kappa shape index (κ1) is 28.9. The van der Waals surface area contributed by atoms with Crippen molar-refractivity contribution in [3.8, 4) is 6.07 Å². The summed E-state index contributed by atoms with van der Waals surface area (Å²) in [4.78, 5) is 19.1. The summed E-state index contributed by atoms with van der Waals surface area (Å²) in [5.41, 5.74) is 3.34. The highest BCUT2D eigenvalue weighted by Gasteiger charge is 2.19. The van der Waals surface area contributed by atoms with Gasteiger partial charge in [0.2, 0.25) is 5.91 Å². The first-order valence-corrected chi connectivity index (χ1v) is 14.3. The van der Waals surface area contributed by atoms with Crippen molar-refractivity contribution in [2.75, 3.05) is 13.1 Å². The highest BCUT2D eigenvalue weighted by atomic mass is 35.5. The molecule has 0 aliphatic heterocycles. The standard InChI is InChI=1S/C29H32Cl2N6OS/c30-26-8-4-5-23(28(26)31)19-36(29(39)35-24-6-2-1-3-7-24)14-13-34-27(38)15-25-17-33-20-37(25)18-22-11-9-21(16-32)10-12-22/h4-5,8-12,17,20,24H,1-3,6-7,13-15,18-19H2,(H,34,38)(H,35,39). The van der Waals surface area contributed by atoms with E-state index in [2.05, 4.69) is 21.7 Å². The van der Waals surface area contributed by atoms with Crippen LogP contribution < -0.4 is 10.6 Å². The van der Waals surface area contributed by atoms with E-state index in [1.807, 2.05) is 33.7 Å². The highest BCUT2D eigenvalue weighted by molar-refractivity contribution is 7.80. The van der Waals surface area contributed by atoms with Crippen LogP contribution in [0, 0.1) is 11.3 Å². The van der Waals surface area contributed by atoms with Crippen molar-refractivity contribution in [3.05, 3.63) is 87.4 Å². The number of nitrogens with one attached hydrogen (secondary N) is 2. The van der Waals surface area contributed by atoms with E-state index < -0.39 is 0 Å². The monoisotopic (exact) mass is 582 g/mol. The molecule has 1 fully saturated rings. The maximum atomic E-state index is 12.8. The Kier molecular flexibility index (Phi) is 10.6. The molecule has 2 aromatic carbocycles. The molecule has 1 heterocycles. The van der Waals surface area contributed by atoms with Crippen LogP contribution in [0.1, 0.15) is 54.5 Å². The van der Waals surface area contributed by atoms with Crippen LogP contribution in [-0.4, -0.2) is 44.6 Å². The summed E-state index contributed by atoms with van der Waals surface area (Å²) in [6.07, 6.45) is 9.53. The topological polar surface area (TPSA) is 86.0 Å². The van der Waals surface area contributed by atoms with Gasteiger partial charge in [0.15, 0.2) is 5.11 Å². The fraction of sp³-hybridized carbons (Fsp3) is 0.379. The molecule has 3 aromatic rings. The molecule has 0 bridgehead atoms. The van der Waals surface area contributed by atoms with Crippen molar-refractivity contribution in [1.82, 2.24) is 25.1 Å². The van der Waals surface area contributed by atoms with Gasteiger partial charge < -0.3 is 20.1 Å². The average molecular weight is 584 g/mol. The van der Waals surface area contributed by atoms with E-state index in [0.29, 0.717) is 52.9 Å². The number of hydrogen-bond donors (Lipinski definition) is 2. The number of carbonyl (C=O) groups excluding carboxylic acids is 1. The van der Waals surface area contributed by atoms with Crippen molar-refractivity contribution in [2.24, 2.45) is 0 Å². The Hall–Kier alpha value is -3.12. The van der Waals surface area contributed by atoms with Crippen LogP contribution in [0.3, 0.4) is 0 Å². The van der Waals surface area contributed by atoms with E-state index in [1.165, 1.54) is 19.3 Å². The normalized spacial score (nSPS) is 13.5. The van der Waals surface area contributed by atoms with Crippen LogP contribution in [0.4, 0.5) is 0 Å². The minimum absolute atomic E-state index is 0.0940. The Morgan fingerprint density at radius 1 is 1.15 bits per heavy atom. The number of halogens is 2. The number of carbonyl (C=O) groups is 1. The lowest BCUT2D eigenvalue weighted by Gasteiger charge is -2.31. The number of imidazole rings is 1. The summed E-state index contributed by atoms with van der Waals surface area (Å²) < 4.78 is 1.94. The molecule has 4 rings (SSSR count). The van der Waals surface area contributed by atoms with Crippen LogP contribution in [0.15, 0.2) is 55.0 Å². The number of amides is 1. The van der Waals surface area contributed by atoms with E-state index in [4.69, 9.17) is 40.7 Å². The van der Waals surface area contributed by atoms with Crippen molar-refractivity contribution >= 4 is 46.4 Å². The van der Waals surface area contributed by atoms with Crippen molar-refractivity contribution < 1.29 is 4.79 Å². The van der Waals surface area contributed by atoms with Gasteiger partial charge in [0, 0.05) is 44.1 Å². The minimum atomic E-state index is -0.0940. The van der Waals surface area contributed by atoms with E-state index in [1.54, 1.807) is 30.7 Å². The van der Waals surface area contributed by atoms with E-state index >= 15 is 0 Å². The molecule has 0 radical (unpaired) electrons. The molecule has 0 unspecified atom stereocenters. The van der Waals surface area contributed by atoms with Crippen LogP contribution in [-0.2, 0) is 24.3 Å². The number of rotatable bonds is 10. The molecule has 204 valence electrons. The average Bonchev–Trinajstić information content (AvgIpc) is 3.37. The lowest BCUT2D eigenvalue weighted by Crippen LogP contribution is -2.47. The molecule has 1 saturated carbocycles. The van der Waals surface area contributed by atoms with Crippen LogP contribution in [0.5, 0.6) is 0 Å². The predicted molar refractivity (Wildman–Crippen MR) is 159 cm³/mol. The number of benzene rings is 2. The molecule has 10 heteroatoms. The zero-order valence-corrected chi connectivity index (χ0v) is 24.0. The minimum Gasteiger partial charge on any atom is -0.360 e. The van der Waals surface area contributed by atoms with E-state index in [-0.39, 0.29) is 12.3 Å². The van der Waals surface area contributed by atoms with Crippen LogP contribution >= 0.6 is 35.4 Å². The molecule has 1 aromatic heterocycles. The van der Waals surface area contributed by atoms with Gasteiger partial charge in [-0.05, 0) is 54.4 Å². The molecular formula is C29H32Cl2N6OS. The molecule has 0 spiro atoms. The Morgan fingerprint density at radius 2 is 1.92 bits per heavy atom. The molecule has 2 N–H and O–H groups in total. The van der Waals surface area contributed by atoms with Gasteiger partial charge in [-0.1, -0.05) is 66.7 Å². The highest BCUT2D eigenvalue weighted by Crippen LogP contribution is 2.27. The number of thiocarbonyl (C=S) groups is 1. The zero-order chi connectivity index (χ0) is 27.6. The zero-order valence-electron chi connectivity index (χ0n) is 21.7. The van der Waals surface area contributed by atoms with Gasteiger partial charge in [0.25, 0.3) is 0 Å². The molecule has 0 saturated heterocycles. The third-order valence-electron chi connectivity index (χ3n) is 6.89. The maximum Gasteiger partial charge on any atom is 0.226 e. The van der Waals surface area contributed by atoms with Gasteiger partial charge in [-0.2, -0.15) is 5.26 Å². The van der Waals surface area contributed by atoms with Gasteiger partial charge >= 0.3 is 0 Å². The van der Waals surface area contributed by atoms with Crippen molar-refractivity contribution in [3.63, 3.8) is 0 Å².